The zero-order valence-corrected chi connectivity index (χ0v) is 7.84. The molecule has 0 N–H and O–H groups in total. The number of halogens is 4. The van der Waals surface area contributed by atoms with Gasteiger partial charge >= 0.3 is 5.92 Å². The molecule has 16 heavy (non-hydrogen) atoms. The van der Waals surface area contributed by atoms with E-state index in [1.807, 2.05) is 0 Å². The second-order valence-corrected chi connectivity index (χ2v) is 2.97. The van der Waals surface area contributed by atoms with Crippen LogP contribution >= 0.6 is 0 Å². The van der Waals surface area contributed by atoms with Gasteiger partial charge in [0.1, 0.15) is 5.82 Å². The molecule has 0 spiro atoms. The summed E-state index contributed by atoms with van der Waals surface area (Å²) in [6.07, 6.45) is 0. The molecule has 0 radical (unpaired) electrons. The van der Waals surface area contributed by atoms with Crippen LogP contribution in [0.4, 0.5) is 17.6 Å². The first-order chi connectivity index (χ1) is 7.39. The summed E-state index contributed by atoms with van der Waals surface area (Å²) in [6, 6.07) is 3.20. The molecule has 1 aromatic carbocycles. The summed E-state index contributed by atoms with van der Waals surface area (Å²) in [5.41, 5.74) is -0.548. The zero-order valence-electron chi connectivity index (χ0n) is 7.84. The Morgan fingerprint density at radius 2 is 1.62 bits per heavy atom. The number of rotatable bonds is 4. The Kier molecular flexibility index (Phi) is 3.41. The molecule has 0 fully saturated rings. The summed E-state index contributed by atoms with van der Waals surface area (Å²) < 4.78 is 50.2. The number of Topliss-reactive ketones (excluding diaryl/α,β-unsaturated/α-hetero) is 2. The zero-order chi connectivity index (χ0) is 12.3. The third-order valence-corrected chi connectivity index (χ3v) is 1.86. The number of carbonyl (C=O) groups is 2. The van der Waals surface area contributed by atoms with Crippen molar-refractivity contribution in [2.24, 2.45) is 0 Å². The summed E-state index contributed by atoms with van der Waals surface area (Å²) in [4.78, 5) is 21.6. The van der Waals surface area contributed by atoms with E-state index in [2.05, 4.69) is 0 Å². The molecule has 0 atom stereocenters. The van der Waals surface area contributed by atoms with Gasteiger partial charge in [0.2, 0.25) is 11.6 Å². The maximum absolute atomic E-state index is 13.0. The van der Waals surface area contributed by atoms with Gasteiger partial charge in [0.15, 0.2) is 6.67 Å². The van der Waals surface area contributed by atoms with Crippen LogP contribution < -0.4 is 0 Å². The third kappa shape index (κ3) is 2.26. The van der Waals surface area contributed by atoms with Gasteiger partial charge in [-0.3, -0.25) is 9.59 Å². The summed E-state index contributed by atoms with van der Waals surface area (Å²) >= 11 is 0. The summed E-state index contributed by atoms with van der Waals surface area (Å²) in [6.45, 7) is -1.93. The lowest BCUT2D eigenvalue weighted by Gasteiger charge is -2.11. The topological polar surface area (TPSA) is 34.1 Å². The lowest BCUT2D eigenvalue weighted by Crippen LogP contribution is -2.39. The molecule has 86 valence electrons. The van der Waals surface area contributed by atoms with Gasteiger partial charge in [-0.25, -0.2) is 8.78 Å². The fourth-order valence-electron chi connectivity index (χ4n) is 0.993. The van der Waals surface area contributed by atoms with E-state index in [9.17, 15) is 27.2 Å². The maximum atomic E-state index is 13.0. The quantitative estimate of drug-likeness (QED) is 0.454. The number of ketones is 2. The lowest BCUT2D eigenvalue weighted by molar-refractivity contribution is -0.137. The molecule has 0 bridgehead atoms. The summed E-state index contributed by atoms with van der Waals surface area (Å²) in [5.74, 6) is -9.07. The summed E-state index contributed by atoms with van der Waals surface area (Å²) in [7, 11) is 0. The highest BCUT2D eigenvalue weighted by Crippen LogP contribution is 2.21. The van der Waals surface area contributed by atoms with Crippen molar-refractivity contribution in [3.8, 4) is 0 Å². The van der Waals surface area contributed by atoms with E-state index in [-0.39, 0.29) is 0 Å². The van der Waals surface area contributed by atoms with Crippen LogP contribution in [0.2, 0.25) is 0 Å². The Balaban J connectivity index is 3.02. The van der Waals surface area contributed by atoms with Gasteiger partial charge in [-0.1, -0.05) is 0 Å². The Bertz CT molecular complexity index is 411. The van der Waals surface area contributed by atoms with Crippen LogP contribution in [0.1, 0.15) is 10.4 Å². The molecule has 6 heteroatoms. The standard InChI is InChI=1S/C10H6F4O2/c11-5-8(15)10(13,14)9(16)6-1-3-7(12)4-2-6/h1-4H,5H2. The molecule has 1 aromatic rings. The number of carbonyl (C=O) groups excluding carboxylic acids is 2. The van der Waals surface area contributed by atoms with E-state index in [1.165, 1.54) is 0 Å². The van der Waals surface area contributed by atoms with Gasteiger partial charge in [0.25, 0.3) is 0 Å². The average Bonchev–Trinajstić information content (AvgIpc) is 2.28. The van der Waals surface area contributed by atoms with Crippen molar-refractivity contribution in [2.45, 2.75) is 5.92 Å². The number of alkyl halides is 3. The van der Waals surface area contributed by atoms with E-state index < -0.39 is 35.5 Å². The number of hydrogen-bond donors (Lipinski definition) is 0. The molecule has 0 unspecified atom stereocenters. The molecule has 1 rings (SSSR count). The van der Waals surface area contributed by atoms with E-state index >= 15 is 0 Å². The second kappa shape index (κ2) is 4.42. The van der Waals surface area contributed by atoms with Crippen LogP contribution in [0.3, 0.4) is 0 Å². The van der Waals surface area contributed by atoms with Gasteiger partial charge in [-0.2, -0.15) is 8.78 Å². The van der Waals surface area contributed by atoms with Crippen LogP contribution in [-0.4, -0.2) is 24.2 Å². The normalized spacial score (nSPS) is 11.2. The maximum Gasteiger partial charge on any atom is 0.369 e. The minimum absolute atomic E-state index is 0.548. The van der Waals surface area contributed by atoms with Crippen LogP contribution in [-0.2, 0) is 4.79 Å². The fourth-order valence-corrected chi connectivity index (χ4v) is 0.993. The van der Waals surface area contributed by atoms with Crippen molar-refractivity contribution in [1.29, 1.82) is 0 Å². The third-order valence-electron chi connectivity index (χ3n) is 1.86. The fraction of sp³-hybridized carbons (Fsp3) is 0.200. The highest BCUT2D eigenvalue weighted by Gasteiger charge is 2.46. The van der Waals surface area contributed by atoms with Crippen LogP contribution in [0.15, 0.2) is 24.3 Å². The molecule has 0 aliphatic carbocycles. The van der Waals surface area contributed by atoms with Crippen molar-refractivity contribution in [1.82, 2.24) is 0 Å². The van der Waals surface area contributed by atoms with Crippen molar-refractivity contribution in [2.75, 3.05) is 6.67 Å². The molecule has 0 heterocycles. The predicted octanol–water partition coefficient (Wildman–Crippen LogP) is 2.18. The molecule has 0 saturated heterocycles. The highest BCUT2D eigenvalue weighted by atomic mass is 19.3. The first kappa shape index (κ1) is 12.4. The Hall–Kier alpha value is -1.72. The Morgan fingerprint density at radius 1 is 1.12 bits per heavy atom. The molecule has 2 nitrogen and oxygen atoms in total. The second-order valence-electron chi connectivity index (χ2n) is 2.97. The largest absolute Gasteiger partial charge is 0.369 e. The van der Waals surface area contributed by atoms with Crippen molar-refractivity contribution in [3.05, 3.63) is 35.6 Å². The number of hydrogen-bond acceptors (Lipinski definition) is 2. The smallest absolute Gasteiger partial charge is 0.289 e. The van der Waals surface area contributed by atoms with E-state index in [4.69, 9.17) is 0 Å². The van der Waals surface area contributed by atoms with Crippen molar-refractivity contribution in [3.63, 3.8) is 0 Å². The molecular weight excluding hydrogens is 228 g/mol. The predicted molar refractivity (Wildman–Crippen MR) is 46.7 cm³/mol. The van der Waals surface area contributed by atoms with E-state index in [0.717, 1.165) is 24.3 Å². The Labute approximate surface area is 87.9 Å². The van der Waals surface area contributed by atoms with Crippen LogP contribution in [0, 0.1) is 5.82 Å². The lowest BCUT2D eigenvalue weighted by atomic mass is 10.0. The van der Waals surface area contributed by atoms with E-state index in [1.54, 1.807) is 0 Å². The minimum atomic E-state index is -4.41. The Morgan fingerprint density at radius 3 is 2.06 bits per heavy atom. The SMILES string of the molecule is O=C(CF)C(F)(F)C(=O)c1ccc(F)cc1. The molecule has 0 aliphatic heterocycles. The van der Waals surface area contributed by atoms with Crippen molar-refractivity contribution < 1.29 is 27.2 Å². The van der Waals surface area contributed by atoms with Gasteiger partial charge < -0.3 is 0 Å². The van der Waals surface area contributed by atoms with Gasteiger partial charge in [0, 0.05) is 5.56 Å². The first-order valence-electron chi connectivity index (χ1n) is 4.17. The highest BCUT2D eigenvalue weighted by molar-refractivity contribution is 6.16. The van der Waals surface area contributed by atoms with E-state index in [0.29, 0.717) is 0 Å². The molecular formula is C10H6F4O2. The van der Waals surface area contributed by atoms with Gasteiger partial charge in [-0.05, 0) is 24.3 Å². The molecule has 0 saturated carbocycles. The monoisotopic (exact) mass is 234 g/mol. The van der Waals surface area contributed by atoms with Crippen molar-refractivity contribution >= 4 is 11.6 Å². The molecule has 0 aliphatic rings. The molecule has 0 aromatic heterocycles. The minimum Gasteiger partial charge on any atom is -0.289 e. The van der Waals surface area contributed by atoms with Crippen LogP contribution in [0.5, 0.6) is 0 Å². The van der Waals surface area contributed by atoms with Gasteiger partial charge in [0.05, 0.1) is 0 Å². The molecule has 0 amide bonds. The average molecular weight is 234 g/mol. The summed E-state index contributed by atoms with van der Waals surface area (Å²) in [5, 5.41) is 0. The van der Waals surface area contributed by atoms with Gasteiger partial charge in [-0.15, -0.1) is 0 Å². The van der Waals surface area contributed by atoms with Crippen LogP contribution in [0.25, 0.3) is 0 Å². The first-order valence-corrected chi connectivity index (χ1v) is 4.17. The number of benzene rings is 1.